The molecule has 2 N–H and O–H groups in total. The molecule has 1 aliphatic heterocycles. The fraction of sp³-hybridized carbons (Fsp3) is 0.500. The van der Waals surface area contributed by atoms with E-state index in [2.05, 4.69) is 59.5 Å². The Morgan fingerprint density at radius 2 is 1.69 bits per heavy atom. The van der Waals surface area contributed by atoms with Crippen LogP contribution in [-0.4, -0.2) is 66.0 Å². The van der Waals surface area contributed by atoms with Crippen molar-refractivity contribution in [2.75, 3.05) is 38.5 Å². The first-order valence-corrected chi connectivity index (χ1v) is 15.3. The molecule has 0 unspecified atom stereocenters. The molecule has 2 amide bonds. The van der Waals surface area contributed by atoms with E-state index >= 15 is 0 Å². The quantitative estimate of drug-likeness (QED) is 0.361. The van der Waals surface area contributed by atoms with Crippen molar-refractivity contribution in [2.45, 2.75) is 77.8 Å². The van der Waals surface area contributed by atoms with Crippen LogP contribution >= 0.6 is 0 Å². The van der Waals surface area contributed by atoms with Crippen molar-refractivity contribution in [1.82, 2.24) is 20.3 Å². The van der Waals surface area contributed by atoms with Crippen LogP contribution in [0.4, 0.5) is 5.69 Å². The zero-order valence-corrected chi connectivity index (χ0v) is 25.8. The van der Waals surface area contributed by atoms with Crippen molar-refractivity contribution in [3.63, 3.8) is 0 Å². The van der Waals surface area contributed by atoms with Gasteiger partial charge in [0.2, 0.25) is 5.76 Å². The van der Waals surface area contributed by atoms with E-state index in [0.717, 1.165) is 80.7 Å². The Kier molecular flexibility index (Phi) is 9.13. The topological polar surface area (TPSA) is 90.7 Å². The number of nitrogens with one attached hydrogen (secondary N) is 2. The number of nitrogens with zero attached hydrogens (tertiary/aromatic N) is 3. The zero-order chi connectivity index (χ0) is 29.9. The Morgan fingerprint density at radius 3 is 2.40 bits per heavy atom. The van der Waals surface area contributed by atoms with Gasteiger partial charge in [-0.3, -0.25) is 14.5 Å². The molecule has 1 aromatic heterocycles. The predicted octanol–water partition coefficient (Wildman–Crippen LogP) is 6.01. The van der Waals surface area contributed by atoms with Crippen LogP contribution in [0.3, 0.4) is 0 Å². The molecule has 8 heteroatoms. The molecule has 1 saturated heterocycles. The molecule has 42 heavy (non-hydrogen) atoms. The van der Waals surface area contributed by atoms with E-state index in [1.165, 1.54) is 6.42 Å². The number of aryl methyl sites for hydroxylation is 1. The number of piperazine rings is 1. The number of aromatic nitrogens is 1. The Morgan fingerprint density at radius 1 is 0.952 bits per heavy atom. The number of hydrogen-bond donors (Lipinski definition) is 2. The van der Waals surface area contributed by atoms with E-state index < -0.39 is 0 Å². The summed E-state index contributed by atoms with van der Waals surface area (Å²) in [5, 5.41) is 10.4. The maximum Gasteiger partial charge on any atom is 0.290 e. The van der Waals surface area contributed by atoms with Crippen molar-refractivity contribution in [1.29, 1.82) is 0 Å². The minimum atomic E-state index is -0.228. The first kappa shape index (κ1) is 30.0. The molecular formula is C34H45N5O3. The van der Waals surface area contributed by atoms with Gasteiger partial charge in [-0.1, -0.05) is 57.3 Å². The van der Waals surface area contributed by atoms with Crippen LogP contribution in [0.15, 0.2) is 47.0 Å². The monoisotopic (exact) mass is 571 g/mol. The molecule has 1 saturated carbocycles. The van der Waals surface area contributed by atoms with Crippen LogP contribution in [0.5, 0.6) is 0 Å². The van der Waals surface area contributed by atoms with E-state index in [4.69, 9.17) is 4.52 Å². The van der Waals surface area contributed by atoms with Gasteiger partial charge in [-0.25, -0.2) is 0 Å². The summed E-state index contributed by atoms with van der Waals surface area (Å²) in [6, 6.07) is 13.9. The van der Waals surface area contributed by atoms with Gasteiger partial charge in [0.15, 0.2) is 0 Å². The Hall–Kier alpha value is -3.49. The highest BCUT2D eigenvalue weighted by atomic mass is 16.5. The molecule has 3 aromatic rings. The summed E-state index contributed by atoms with van der Waals surface area (Å²) in [6.45, 7) is 13.5. The van der Waals surface area contributed by atoms with Crippen LogP contribution in [0.1, 0.15) is 90.5 Å². The molecule has 224 valence electrons. The number of benzene rings is 2. The maximum absolute atomic E-state index is 13.6. The van der Waals surface area contributed by atoms with Crippen LogP contribution in [0, 0.1) is 6.92 Å². The second-order valence-electron chi connectivity index (χ2n) is 13.1. The third-order valence-electron chi connectivity index (χ3n) is 8.57. The van der Waals surface area contributed by atoms with Crippen molar-refractivity contribution in [3.05, 3.63) is 70.5 Å². The van der Waals surface area contributed by atoms with Crippen molar-refractivity contribution in [2.24, 2.45) is 0 Å². The lowest BCUT2D eigenvalue weighted by Crippen LogP contribution is -2.43. The van der Waals surface area contributed by atoms with Gasteiger partial charge in [0.1, 0.15) is 5.69 Å². The van der Waals surface area contributed by atoms with E-state index in [0.29, 0.717) is 16.9 Å². The van der Waals surface area contributed by atoms with Crippen LogP contribution < -0.4 is 10.6 Å². The highest BCUT2D eigenvalue weighted by Crippen LogP contribution is 2.29. The summed E-state index contributed by atoms with van der Waals surface area (Å²) in [5.41, 5.74) is 5.89. The van der Waals surface area contributed by atoms with Crippen molar-refractivity contribution < 1.29 is 14.1 Å². The minimum Gasteiger partial charge on any atom is -0.350 e. The van der Waals surface area contributed by atoms with E-state index in [1.54, 1.807) is 6.07 Å². The number of hydrogen-bond acceptors (Lipinski definition) is 6. The summed E-state index contributed by atoms with van der Waals surface area (Å²) >= 11 is 0. The average Bonchev–Trinajstić information content (AvgIpc) is 3.46. The predicted molar refractivity (Wildman–Crippen MR) is 167 cm³/mol. The summed E-state index contributed by atoms with van der Waals surface area (Å²) < 4.78 is 5.44. The smallest absolute Gasteiger partial charge is 0.290 e. The molecule has 0 bridgehead atoms. The largest absolute Gasteiger partial charge is 0.350 e. The van der Waals surface area contributed by atoms with Gasteiger partial charge in [0, 0.05) is 61.6 Å². The highest BCUT2D eigenvalue weighted by molar-refractivity contribution is 6.05. The second kappa shape index (κ2) is 12.8. The van der Waals surface area contributed by atoms with Crippen LogP contribution in [0.25, 0.3) is 11.3 Å². The highest BCUT2D eigenvalue weighted by Gasteiger charge is 2.22. The first-order valence-electron chi connectivity index (χ1n) is 15.3. The Bertz CT molecular complexity index is 1410. The number of carbonyl (C=O) groups is 2. The number of amides is 2. The lowest BCUT2D eigenvalue weighted by atomic mass is 9.85. The van der Waals surface area contributed by atoms with Gasteiger partial charge in [0.25, 0.3) is 11.8 Å². The molecule has 0 radical (unpaired) electrons. The lowest BCUT2D eigenvalue weighted by Gasteiger charge is -2.32. The Labute approximate surface area is 249 Å². The van der Waals surface area contributed by atoms with E-state index in [1.807, 2.05) is 37.3 Å². The van der Waals surface area contributed by atoms with Gasteiger partial charge in [-0.05, 0) is 73.2 Å². The van der Waals surface area contributed by atoms with Gasteiger partial charge in [-0.2, -0.15) is 0 Å². The van der Waals surface area contributed by atoms with E-state index in [-0.39, 0.29) is 29.0 Å². The zero-order valence-electron chi connectivity index (χ0n) is 25.8. The minimum absolute atomic E-state index is 0.0852. The van der Waals surface area contributed by atoms with Gasteiger partial charge < -0.3 is 20.1 Å². The molecule has 0 atom stereocenters. The van der Waals surface area contributed by atoms with Gasteiger partial charge >= 0.3 is 0 Å². The third kappa shape index (κ3) is 7.47. The number of rotatable bonds is 7. The summed E-state index contributed by atoms with van der Waals surface area (Å²) in [4.78, 5) is 31.2. The summed E-state index contributed by atoms with van der Waals surface area (Å²) in [7, 11) is 2.16. The number of anilines is 1. The normalized spacial score (nSPS) is 17.3. The summed E-state index contributed by atoms with van der Waals surface area (Å²) in [5.74, 6) is -0.173. The van der Waals surface area contributed by atoms with Crippen LogP contribution in [-0.2, 0) is 12.0 Å². The third-order valence-corrected chi connectivity index (χ3v) is 8.57. The maximum atomic E-state index is 13.6. The second-order valence-corrected chi connectivity index (χ2v) is 13.1. The van der Waals surface area contributed by atoms with Crippen LogP contribution in [0.2, 0.25) is 0 Å². The van der Waals surface area contributed by atoms with Gasteiger partial charge in [0.05, 0.1) is 0 Å². The average molecular weight is 572 g/mol. The van der Waals surface area contributed by atoms with Gasteiger partial charge in [-0.15, -0.1) is 0 Å². The SMILES string of the molecule is Cc1ccc(NC(=O)c2cc(CN3CCN(C)CC3)cc(C(C)(C)C)c2)cc1-c1cc(C(=O)NC2CCCCC2)on1. The molecule has 2 aromatic carbocycles. The molecule has 2 fully saturated rings. The first-order chi connectivity index (χ1) is 20.0. The molecular weight excluding hydrogens is 526 g/mol. The standard InChI is InChI=1S/C34H45N5O3/c1-23-11-12-28(20-29(23)30-21-31(42-37-30)33(41)35-27-9-7-6-8-10-27)36-32(40)25-17-24(18-26(19-25)34(2,3)4)22-39-15-13-38(5)14-16-39/h11-12,17-21,27H,6-10,13-16,22H2,1-5H3,(H,35,41)(H,36,40). The molecule has 0 spiro atoms. The fourth-order valence-corrected chi connectivity index (χ4v) is 5.80. The number of likely N-dealkylation sites (N-methyl/N-ethyl adjacent to an activating group) is 1. The van der Waals surface area contributed by atoms with E-state index in [9.17, 15) is 9.59 Å². The van der Waals surface area contributed by atoms with Crippen molar-refractivity contribution >= 4 is 17.5 Å². The Balaban J connectivity index is 1.32. The lowest BCUT2D eigenvalue weighted by molar-refractivity contribution is 0.0890. The molecule has 2 heterocycles. The molecule has 1 aliphatic carbocycles. The summed E-state index contributed by atoms with van der Waals surface area (Å²) in [6.07, 6.45) is 5.52. The molecule has 2 aliphatic rings. The molecule has 5 rings (SSSR count). The van der Waals surface area contributed by atoms with Crippen molar-refractivity contribution in [3.8, 4) is 11.3 Å². The molecule has 8 nitrogen and oxygen atoms in total. The number of carbonyl (C=O) groups excluding carboxylic acids is 2. The fourth-order valence-electron chi connectivity index (χ4n) is 5.80.